The third kappa shape index (κ3) is 11.8. The van der Waals surface area contributed by atoms with Crippen LogP contribution in [0.1, 0.15) is 33.6 Å². The van der Waals surface area contributed by atoms with E-state index >= 15 is 0 Å². The highest BCUT2D eigenvalue weighted by molar-refractivity contribution is 14.1. The van der Waals surface area contributed by atoms with E-state index in [1.807, 2.05) is 0 Å². The summed E-state index contributed by atoms with van der Waals surface area (Å²) in [5.41, 5.74) is -0.694. The van der Waals surface area contributed by atoms with Gasteiger partial charge >= 0.3 is 12.1 Å². The van der Waals surface area contributed by atoms with E-state index in [4.69, 9.17) is 9.47 Å². The number of nitrogens with one attached hydrogen (secondary N) is 1. The van der Waals surface area contributed by atoms with Crippen molar-refractivity contribution in [2.24, 2.45) is 0 Å². The average Bonchev–Trinajstić information content (AvgIpc) is 2.29. The van der Waals surface area contributed by atoms with E-state index in [0.29, 0.717) is 0 Å². The molecule has 0 aromatic carbocycles. The molecule has 0 saturated carbocycles. The molecule has 21 heavy (non-hydrogen) atoms. The maximum absolute atomic E-state index is 11.6. The van der Waals surface area contributed by atoms with Gasteiger partial charge in [0.15, 0.2) is 3.79 Å². The zero-order chi connectivity index (χ0) is 16.6. The summed E-state index contributed by atoms with van der Waals surface area (Å²) in [6, 6.07) is -0.986. The minimum Gasteiger partial charge on any atom is -0.463 e. The minimum absolute atomic E-state index is 0.0592. The smallest absolute Gasteiger partial charge is 0.408 e. The van der Waals surface area contributed by atoms with E-state index in [-0.39, 0.29) is 23.2 Å². The molecule has 120 valence electrons. The second-order valence-electron chi connectivity index (χ2n) is 5.04. The van der Waals surface area contributed by atoms with Crippen LogP contribution in [0.25, 0.3) is 0 Å². The second-order valence-corrected chi connectivity index (χ2v) is 7.31. The van der Waals surface area contributed by atoms with Crippen LogP contribution in [0.4, 0.5) is 4.79 Å². The molecule has 9 heteroatoms. The molecule has 0 rings (SSSR count). The van der Waals surface area contributed by atoms with Crippen LogP contribution in [0.3, 0.4) is 0 Å². The van der Waals surface area contributed by atoms with Gasteiger partial charge in [-0.2, -0.15) is 0 Å². The Labute approximate surface area is 150 Å². The molecule has 0 heterocycles. The maximum Gasteiger partial charge on any atom is 0.408 e. The van der Waals surface area contributed by atoms with Gasteiger partial charge in [-0.25, -0.2) is 4.79 Å². The standard InChI is InChI=1S/C12H17I2NO6/c1-12(2,3)21-11(19)15-7(10(14)18)6-20-9(17)5-4-8(13)16/h7H,4-6H2,1-3H3,(H,15,19). The van der Waals surface area contributed by atoms with Gasteiger partial charge in [-0.15, -0.1) is 0 Å². The van der Waals surface area contributed by atoms with Gasteiger partial charge in [-0.1, -0.05) is 0 Å². The third-order valence-corrected chi connectivity index (χ3v) is 3.19. The summed E-state index contributed by atoms with van der Waals surface area (Å²) in [4.78, 5) is 45.0. The molecule has 1 unspecified atom stereocenters. The number of halogens is 2. The predicted molar refractivity (Wildman–Crippen MR) is 91.4 cm³/mol. The Morgan fingerprint density at radius 1 is 1.10 bits per heavy atom. The van der Waals surface area contributed by atoms with Crippen molar-refractivity contribution in [3.63, 3.8) is 0 Å². The predicted octanol–water partition coefficient (Wildman–Crippen LogP) is 2.13. The van der Waals surface area contributed by atoms with Crippen LogP contribution in [-0.4, -0.2) is 37.9 Å². The normalized spacial score (nSPS) is 12.2. The molecule has 0 aliphatic heterocycles. The summed E-state index contributed by atoms with van der Waals surface area (Å²) in [6.07, 6.45) is -0.756. The third-order valence-electron chi connectivity index (χ3n) is 1.90. The first-order chi connectivity index (χ1) is 9.51. The summed E-state index contributed by atoms with van der Waals surface area (Å²) in [5.74, 6) is -0.603. The van der Waals surface area contributed by atoms with E-state index < -0.39 is 27.5 Å². The number of amides is 1. The van der Waals surface area contributed by atoms with Crippen LogP contribution < -0.4 is 5.32 Å². The molecule has 0 saturated heterocycles. The van der Waals surface area contributed by atoms with Gasteiger partial charge in [0.1, 0.15) is 18.2 Å². The Morgan fingerprint density at radius 2 is 1.67 bits per heavy atom. The maximum atomic E-state index is 11.6. The van der Waals surface area contributed by atoms with Crippen molar-refractivity contribution in [1.82, 2.24) is 5.32 Å². The molecule has 0 aliphatic rings. The van der Waals surface area contributed by atoms with Gasteiger partial charge in [0, 0.05) is 29.0 Å². The summed E-state index contributed by atoms with van der Waals surface area (Å²) >= 11 is 3.08. The van der Waals surface area contributed by atoms with Crippen LogP contribution >= 0.6 is 45.2 Å². The zero-order valence-corrected chi connectivity index (χ0v) is 16.2. The fourth-order valence-corrected chi connectivity index (χ4v) is 1.67. The number of carbonyl (C=O) groups is 4. The van der Waals surface area contributed by atoms with Gasteiger partial charge in [0.2, 0.25) is 3.79 Å². The van der Waals surface area contributed by atoms with E-state index in [2.05, 4.69) is 5.32 Å². The van der Waals surface area contributed by atoms with Crippen molar-refractivity contribution < 1.29 is 28.7 Å². The summed E-state index contributed by atoms with van der Waals surface area (Å²) < 4.78 is 9.32. The van der Waals surface area contributed by atoms with Gasteiger partial charge in [0.05, 0.1) is 6.42 Å². The molecule has 7 nitrogen and oxygen atoms in total. The minimum atomic E-state index is -0.986. The van der Waals surface area contributed by atoms with E-state index in [0.717, 1.165) is 0 Å². The lowest BCUT2D eigenvalue weighted by Gasteiger charge is -2.22. The van der Waals surface area contributed by atoms with Crippen molar-refractivity contribution in [2.45, 2.75) is 45.3 Å². The Balaban J connectivity index is 4.32. The van der Waals surface area contributed by atoms with Crippen molar-refractivity contribution in [1.29, 1.82) is 0 Å². The number of rotatable bonds is 7. The van der Waals surface area contributed by atoms with Gasteiger partial charge in [0.25, 0.3) is 0 Å². The topological polar surface area (TPSA) is 98.8 Å². The van der Waals surface area contributed by atoms with Crippen molar-refractivity contribution in [3.05, 3.63) is 0 Å². The molecular formula is C12H17I2NO6. The molecule has 0 spiro atoms. The van der Waals surface area contributed by atoms with Crippen LogP contribution in [0.15, 0.2) is 0 Å². The van der Waals surface area contributed by atoms with E-state index in [9.17, 15) is 19.2 Å². The lowest BCUT2D eigenvalue weighted by molar-refractivity contribution is -0.145. The number of alkyl carbamates (subject to hydrolysis) is 1. The lowest BCUT2D eigenvalue weighted by Crippen LogP contribution is -2.44. The van der Waals surface area contributed by atoms with Crippen molar-refractivity contribution in [2.75, 3.05) is 6.61 Å². The summed E-state index contributed by atoms with van der Waals surface area (Å²) in [5, 5.41) is 2.33. The highest BCUT2D eigenvalue weighted by Gasteiger charge is 2.24. The molecule has 0 aliphatic carbocycles. The van der Waals surface area contributed by atoms with Gasteiger partial charge in [-0.3, -0.25) is 14.4 Å². The number of hydrogen-bond donors (Lipinski definition) is 1. The average molecular weight is 525 g/mol. The number of carbonyl (C=O) groups excluding carboxylic acids is 4. The zero-order valence-electron chi connectivity index (χ0n) is 11.9. The first-order valence-corrected chi connectivity index (χ1v) is 8.20. The molecule has 0 aromatic rings. The van der Waals surface area contributed by atoms with E-state index in [1.165, 1.54) is 22.6 Å². The highest BCUT2D eigenvalue weighted by Crippen LogP contribution is 2.08. The van der Waals surface area contributed by atoms with E-state index in [1.54, 1.807) is 43.4 Å². The molecule has 1 atom stereocenters. The highest BCUT2D eigenvalue weighted by atomic mass is 127. The van der Waals surface area contributed by atoms with Crippen LogP contribution in [0.2, 0.25) is 0 Å². The Hall–Kier alpha value is -0.460. The Kier molecular flexibility index (Phi) is 9.33. The molecule has 0 aromatic heterocycles. The summed E-state index contributed by atoms with van der Waals surface area (Å²) in [6.45, 7) is 4.77. The molecule has 0 radical (unpaired) electrons. The van der Waals surface area contributed by atoms with Crippen LogP contribution in [0, 0.1) is 0 Å². The van der Waals surface area contributed by atoms with Crippen molar-refractivity contribution in [3.8, 4) is 0 Å². The largest absolute Gasteiger partial charge is 0.463 e. The molecule has 1 N–H and O–H groups in total. The van der Waals surface area contributed by atoms with Gasteiger partial charge in [-0.05, 0) is 43.4 Å². The van der Waals surface area contributed by atoms with Crippen LogP contribution in [-0.2, 0) is 23.9 Å². The molecule has 0 fully saturated rings. The first-order valence-electron chi connectivity index (χ1n) is 6.04. The lowest BCUT2D eigenvalue weighted by atomic mass is 10.2. The number of ether oxygens (including phenoxy) is 2. The first kappa shape index (κ1) is 20.5. The Morgan fingerprint density at radius 3 is 2.10 bits per heavy atom. The summed E-state index contributed by atoms with van der Waals surface area (Å²) in [7, 11) is 0. The second kappa shape index (κ2) is 9.54. The monoisotopic (exact) mass is 525 g/mol. The molecular weight excluding hydrogens is 508 g/mol. The quantitative estimate of drug-likeness (QED) is 0.311. The Bertz CT molecular complexity index is 418. The molecule has 1 amide bonds. The number of hydrogen-bond acceptors (Lipinski definition) is 6. The molecule has 0 bridgehead atoms. The van der Waals surface area contributed by atoms with Gasteiger partial charge < -0.3 is 14.8 Å². The van der Waals surface area contributed by atoms with Crippen LogP contribution in [0.5, 0.6) is 0 Å². The fourth-order valence-electron chi connectivity index (χ4n) is 1.06. The fraction of sp³-hybridized carbons (Fsp3) is 0.667. The van der Waals surface area contributed by atoms with Crippen molar-refractivity contribution >= 4 is 64.8 Å². The number of esters is 1. The SMILES string of the molecule is CC(C)(C)OC(=O)NC(COC(=O)CCC(=O)I)C(=O)I.